The zero-order valence-corrected chi connectivity index (χ0v) is 13.0. The molecule has 1 heterocycles. The van der Waals surface area contributed by atoms with Crippen molar-refractivity contribution < 1.29 is 19.0 Å². The van der Waals surface area contributed by atoms with Crippen molar-refractivity contribution in [1.29, 1.82) is 0 Å². The van der Waals surface area contributed by atoms with Gasteiger partial charge in [-0.2, -0.15) is 0 Å². The zero-order chi connectivity index (χ0) is 16.1. The van der Waals surface area contributed by atoms with Crippen LogP contribution in [0.2, 0.25) is 0 Å². The Morgan fingerprint density at radius 1 is 1.17 bits per heavy atom. The molecule has 5 heteroatoms. The Labute approximate surface area is 135 Å². The van der Waals surface area contributed by atoms with Crippen LogP contribution in [0.1, 0.15) is 13.3 Å². The predicted molar refractivity (Wildman–Crippen MR) is 87.2 cm³/mol. The molecule has 0 aliphatic carbocycles. The molecule has 1 N–H and O–H groups in total. The summed E-state index contributed by atoms with van der Waals surface area (Å²) >= 11 is 0. The highest BCUT2D eigenvalue weighted by Gasteiger charge is 2.27. The topological polar surface area (TPSA) is 56.8 Å². The molecule has 0 fully saturated rings. The first-order chi connectivity index (χ1) is 11.3. The first-order valence-corrected chi connectivity index (χ1v) is 7.68. The van der Waals surface area contributed by atoms with Gasteiger partial charge in [0.25, 0.3) is 5.91 Å². The summed E-state index contributed by atoms with van der Waals surface area (Å²) in [6.07, 6.45) is 0.292. The van der Waals surface area contributed by atoms with Crippen molar-refractivity contribution in [3.63, 3.8) is 0 Å². The van der Waals surface area contributed by atoms with Gasteiger partial charge in [-0.3, -0.25) is 4.79 Å². The number of carbonyl (C=O) groups is 1. The molecular formula is C18H19NO4. The lowest BCUT2D eigenvalue weighted by molar-refractivity contribution is -0.125. The van der Waals surface area contributed by atoms with E-state index in [1.54, 1.807) is 18.2 Å². The number of amides is 1. The molecule has 0 saturated heterocycles. The van der Waals surface area contributed by atoms with Crippen LogP contribution in [-0.2, 0) is 4.79 Å². The number of rotatable bonds is 5. The minimum absolute atomic E-state index is 0.195. The van der Waals surface area contributed by atoms with Gasteiger partial charge in [-0.05, 0) is 42.8 Å². The Kier molecular flexibility index (Phi) is 4.66. The molecule has 0 bridgehead atoms. The quantitative estimate of drug-likeness (QED) is 0.920. The summed E-state index contributed by atoms with van der Waals surface area (Å²) in [7, 11) is 0. The maximum absolute atomic E-state index is 12.3. The Morgan fingerprint density at radius 2 is 1.91 bits per heavy atom. The van der Waals surface area contributed by atoms with Gasteiger partial charge in [0.2, 0.25) is 6.10 Å². The molecule has 0 aromatic heterocycles. The summed E-state index contributed by atoms with van der Waals surface area (Å²) in [5.74, 6) is 1.80. The molecule has 120 valence electrons. The molecule has 2 aromatic rings. The Balaban J connectivity index is 1.59. The number of hydrogen-bond donors (Lipinski definition) is 1. The van der Waals surface area contributed by atoms with Crippen molar-refractivity contribution >= 4 is 11.6 Å². The molecule has 1 aliphatic heterocycles. The van der Waals surface area contributed by atoms with E-state index < -0.39 is 6.10 Å². The highest BCUT2D eigenvalue weighted by Crippen LogP contribution is 2.31. The minimum atomic E-state index is -0.666. The van der Waals surface area contributed by atoms with E-state index in [9.17, 15) is 4.79 Å². The van der Waals surface area contributed by atoms with Crippen LogP contribution >= 0.6 is 0 Å². The van der Waals surface area contributed by atoms with Crippen LogP contribution in [0.3, 0.4) is 0 Å². The number of benzene rings is 2. The number of hydrogen-bond acceptors (Lipinski definition) is 4. The Hall–Kier alpha value is -2.69. The van der Waals surface area contributed by atoms with E-state index in [1.807, 2.05) is 30.3 Å². The first-order valence-electron chi connectivity index (χ1n) is 7.68. The SMILES string of the molecule is CCCOc1ccc(NC(=O)[C@@H]2COc3ccccc3O2)cc1. The van der Waals surface area contributed by atoms with Crippen LogP contribution < -0.4 is 19.5 Å². The Morgan fingerprint density at radius 3 is 2.65 bits per heavy atom. The summed E-state index contributed by atoms with van der Waals surface area (Å²) in [6.45, 7) is 2.93. The highest BCUT2D eigenvalue weighted by molar-refractivity contribution is 5.94. The monoisotopic (exact) mass is 313 g/mol. The third-order valence-corrected chi connectivity index (χ3v) is 3.40. The third-order valence-electron chi connectivity index (χ3n) is 3.40. The van der Waals surface area contributed by atoms with Crippen molar-refractivity contribution in [3.8, 4) is 17.2 Å². The average Bonchev–Trinajstić information content (AvgIpc) is 2.60. The molecule has 0 unspecified atom stereocenters. The van der Waals surface area contributed by atoms with Gasteiger partial charge < -0.3 is 19.5 Å². The zero-order valence-electron chi connectivity index (χ0n) is 13.0. The molecule has 3 rings (SSSR count). The number of carbonyl (C=O) groups excluding carboxylic acids is 1. The standard InChI is InChI=1S/C18H19NO4/c1-2-11-21-14-9-7-13(8-10-14)19-18(20)17-12-22-15-5-3-4-6-16(15)23-17/h3-10,17H,2,11-12H2,1H3,(H,19,20)/t17-/m0/s1. The molecule has 1 amide bonds. The predicted octanol–water partition coefficient (Wildman–Crippen LogP) is 3.25. The maximum Gasteiger partial charge on any atom is 0.269 e. The fourth-order valence-electron chi connectivity index (χ4n) is 2.23. The molecule has 2 aromatic carbocycles. The van der Waals surface area contributed by atoms with E-state index in [0.29, 0.717) is 23.8 Å². The highest BCUT2D eigenvalue weighted by atomic mass is 16.6. The van der Waals surface area contributed by atoms with Gasteiger partial charge in [0.05, 0.1) is 6.61 Å². The van der Waals surface area contributed by atoms with Gasteiger partial charge in [0, 0.05) is 5.69 Å². The van der Waals surface area contributed by atoms with Crippen molar-refractivity contribution in [2.24, 2.45) is 0 Å². The lowest BCUT2D eigenvalue weighted by Gasteiger charge is -2.25. The number of anilines is 1. The number of ether oxygens (including phenoxy) is 3. The summed E-state index contributed by atoms with van der Waals surface area (Å²) in [6, 6.07) is 14.6. The van der Waals surface area contributed by atoms with Crippen molar-refractivity contribution in [2.45, 2.75) is 19.4 Å². The molecule has 1 atom stereocenters. The van der Waals surface area contributed by atoms with Gasteiger partial charge in [0.1, 0.15) is 12.4 Å². The molecule has 0 radical (unpaired) electrons. The normalized spacial score (nSPS) is 15.8. The van der Waals surface area contributed by atoms with E-state index >= 15 is 0 Å². The second-order valence-corrected chi connectivity index (χ2v) is 5.23. The molecule has 5 nitrogen and oxygen atoms in total. The first kappa shape index (κ1) is 15.2. The number of nitrogens with one attached hydrogen (secondary N) is 1. The summed E-state index contributed by atoms with van der Waals surface area (Å²) in [5.41, 5.74) is 0.696. The molecule has 1 aliphatic rings. The van der Waals surface area contributed by atoms with Gasteiger partial charge in [-0.15, -0.1) is 0 Å². The van der Waals surface area contributed by atoms with Gasteiger partial charge in [-0.25, -0.2) is 0 Å². The smallest absolute Gasteiger partial charge is 0.269 e. The lowest BCUT2D eigenvalue weighted by atomic mass is 10.2. The molecular weight excluding hydrogens is 294 g/mol. The van der Waals surface area contributed by atoms with Crippen molar-refractivity contribution in [2.75, 3.05) is 18.5 Å². The van der Waals surface area contributed by atoms with Crippen LogP contribution in [0, 0.1) is 0 Å². The van der Waals surface area contributed by atoms with E-state index in [-0.39, 0.29) is 12.5 Å². The molecule has 23 heavy (non-hydrogen) atoms. The Bertz CT molecular complexity index is 669. The van der Waals surface area contributed by atoms with E-state index in [0.717, 1.165) is 12.2 Å². The van der Waals surface area contributed by atoms with Crippen LogP contribution in [0.15, 0.2) is 48.5 Å². The largest absolute Gasteiger partial charge is 0.494 e. The second-order valence-electron chi connectivity index (χ2n) is 5.23. The van der Waals surface area contributed by atoms with Crippen LogP contribution in [0.5, 0.6) is 17.2 Å². The van der Waals surface area contributed by atoms with Crippen LogP contribution in [-0.4, -0.2) is 25.2 Å². The van der Waals surface area contributed by atoms with Crippen molar-refractivity contribution in [1.82, 2.24) is 0 Å². The average molecular weight is 313 g/mol. The number of fused-ring (bicyclic) bond motifs is 1. The van der Waals surface area contributed by atoms with E-state index in [2.05, 4.69) is 12.2 Å². The second kappa shape index (κ2) is 7.05. The lowest BCUT2D eigenvalue weighted by Crippen LogP contribution is -2.40. The molecule has 0 saturated carbocycles. The summed E-state index contributed by atoms with van der Waals surface area (Å²) < 4.78 is 16.7. The van der Waals surface area contributed by atoms with Gasteiger partial charge >= 0.3 is 0 Å². The van der Waals surface area contributed by atoms with Crippen LogP contribution in [0.4, 0.5) is 5.69 Å². The number of para-hydroxylation sites is 2. The van der Waals surface area contributed by atoms with Gasteiger partial charge in [0.15, 0.2) is 11.5 Å². The van der Waals surface area contributed by atoms with E-state index in [1.165, 1.54) is 0 Å². The molecule has 0 spiro atoms. The fraction of sp³-hybridized carbons (Fsp3) is 0.278. The maximum atomic E-state index is 12.3. The van der Waals surface area contributed by atoms with Crippen LogP contribution in [0.25, 0.3) is 0 Å². The van der Waals surface area contributed by atoms with E-state index in [4.69, 9.17) is 14.2 Å². The van der Waals surface area contributed by atoms with Gasteiger partial charge in [-0.1, -0.05) is 19.1 Å². The summed E-state index contributed by atoms with van der Waals surface area (Å²) in [5, 5.41) is 2.83. The fourth-order valence-corrected chi connectivity index (χ4v) is 2.23. The summed E-state index contributed by atoms with van der Waals surface area (Å²) in [4.78, 5) is 12.3. The van der Waals surface area contributed by atoms with Crippen molar-refractivity contribution in [3.05, 3.63) is 48.5 Å². The third kappa shape index (κ3) is 3.74. The minimum Gasteiger partial charge on any atom is -0.494 e.